The van der Waals surface area contributed by atoms with Crippen molar-refractivity contribution in [2.24, 2.45) is 16.8 Å². The number of likely N-dealkylation sites (tertiary alicyclic amines) is 1. The molecule has 2 heterocycles. The predicted octanol–water partition coefficient (Wildman–Crippen LogP) is 0.539. The number of hydrogen-bond acceptors (Lipinski definition) is 4. The average molecular weight is 255 g/mol. The minimum atomic E-state index is -0.300. The zero-order valence-electron chi connectivity index (χ0n) is 10.7. The number of nitrogens with zero attached hydrogens (tertiary/aromatic N) is 2. The van der Waals surface area contributed by atoms with Gasteiger partial charge in [-0.15, -0.1) is 0 Å². The van der Waals surface area contributed by atoms with Gasteiger partial charge in [-0.05, 0) is 32.6 Å². The summed E-state index contributed by atoms with van der Waals surface area (Å²) in [6.07, 6.45) is 3.35. The average Bonchev–Trinajstić information content (AvgIpc) is 2.83. The summed E-state index contributed by atoms with van der Waals surface area (Å²) in [5, 5.41) is 11.7. The van der Waals surface area contributed by atoms with E-state index in [2.05, 4.69) is 5.16 Å². The molecule has 3 N–H and O–H groups in total. The van der Waals surface area contributed by atoms with E-state index in [0.29, 0.717) is 6.54 Å². The van der Waals surface area contributed by atoms with E-state index >= 15 is 0 Å². The summed E-state index contributed by atoms with van der Waals surface area (Å²) in [5.41, 5.74) is 5.62. The molecule has 2 rings (SSSR count). The Hall–Kier alpha value is -1.30. The Morgan fingerprint density at radius 3 is 2.83 bits per heavy atom. The van der Waals surface area contributed by atoms with E-state index in [0.717, 1.165) is 32.2 Å². The molecule has 0 radical (unpaired) electrons. The SMILES string of the molecule is CC1CCC(C(=O)N2CCCC(C(N)=NO)C2)O1. The molecule has 0 saturated carbocycles. The molecule has 0 aromatic rings. The molecule has 18 heavy (non-hydrogen) atoms. The lowest BCUT2D eigenvalue weighted by atomic mass is 9.96. The summed E-state index contributed by atoms with van der Waals surface area (Å²) in [5.74, 6) is 0.231. The van der Waals surface area contributed by atoms with Crippen molar-refractivity contribution in [3.8, 4) is 0 Å². The molecular weight excluding hydrogens is 234 g/mol. The van der Waals surface area contributed by atoms with Crippen LogP contribution in [0.1, 0.15) is 32.6 Å². The number of nitrogens with two attached hydrogens (primary N) is 1. The van der Waals surface area contributed by atoms with Gasteiger partial charge in [-0.1, -0.05) is 5.16 Å². The largest absolute Gasteiger partial charge is 0.409 e. The fourth-order valence-electron chi connectivity index (χ4n) is 2.69. The van der Waals surface area contributed by atoms with Crippen molar-refractivity contribution in [1.82, 2.24) is 4.90 Å². The number of carbonyl (C=O) groups is 1. The molecule has 2 saturated heterocycles. The van der Waals surface area contributed by atoms with E-state index in [1.165, 1.54) is 0 Å². The maximum absolute atomic E-state index is 12.3. The lowest BCUT2D eigenvalue weighted by Crippen LogP contribution is -2.47. The van der Waals surface area contributed by atoms with Crippen molar-refractivity contribution >= 4 is 11.7 Å². The highest BCUT2D eigenvalue weighted by Gasteiger charge is 2.34. The number of carbonyl (C=O) groups excluding carboxylic acids is 1. The molecule has 0 bridgehead atoms. The van der Waals surface area contributed by atoms with Gasteiger partial charge in [0.15, 0.2) is 0 Å². The van der Waals surface area contributed by atoms with Crippen LogP contribution in [0, 0.1) is 5.92 Å². The number of hydrogen-bond donors (Lipinski definition) is 2. The second-order valence-electron chi connectivity index (χ2n) is 5.16. The smallest absolute Gasteiger partial charge is 0.251 e. The van der Waals surface area contributed by atoms with Crippen LogP contribution in [0.2, 0.25) is 0 Å². The maximum Gasteiger partial charge on any atom is 0.251 e. The standard InChI is InChI=1S/C12H21N3O3/c1-8-4-5-10(18-8)12(16)15-6-2-3-9(7-15)11(13)14-17/h8-10,17H,2-7H2,1H3,(H2,13,14). The van der Waals surface area contributed by atoms with Gasteiger partial charge < -0.3 is 20.6 Å². The van der Waals surface area contributed by atoms with E-state index in [4.69, 9.17) is 15.7 Å². The number of piperidine rings is 1. The highest BCUT2D eigenvalue weighted by Crippen LogP contribution is 2.24. The Bertz CT molecular complexity index is 345. The van der Waals surface area contributed by atoms with E-state index in [-0.39, 0.29) is 29.9 Å². The summed E-state index contributed by atoms with van der Waals surface area (Å²) in [6.45, 7) is 3.26. The first kappa shape index (κ1) is 13.1. The van der Waals surface area contributed by atoms with Crippen molar-refractivity contribution in [2.75, 3.05) is 13.1 Å². The molecule has 3 unspecified atom stereocenters. The molecule has 6 heteroatoms. The van der Waals surface area contributed by atoms with Crippen LogP contribution in [0.25, 0.3) is 0 Å². The molecule has 2 aliphatic heterocycles. The molecule has 2 fully saturated rings. The summed E-state index contributed by atoms with van der Waals surface area (Å²) in [4.78, 5) is 14.0. The number of oxime groups is 1. The predicted molar refractivity (Wildman–Crippen MR) is 66.3 cm³/mol. The number of ether oxygens (including phenoxy) is 1. The molecule has 0 aromatic carbocycles. The lowest BCUT2D eigenvalue weighted by molar-refractivity contribution is -0.144. The number of amidine groups is 1. The first-order valence-corrected chi connectivity index (χ1v) is 6.53. The summed E-state index contributed by atoms with van der Waals surface area (Å²) in [7, 11) is 0. The minimum absolute atomic E-state index is 0.0356. The van der Waals surface area contributed by atoms with Crippen LogP contribution in [0.3, 0.4) is 0 Å². The van der Waals surface area contributed by atoms with Crippen LogP contribution < -0.4 is 5.73 Å². The van der Waals surface area contributed by atoms with Crippen LogP contribution in [0.4, 0.5) is 0 Å². The maximum atomic E-state index is 12.3. The summed E-state index contributed by atoms with van der Waals surface area (Å²) in [6, 6.07) is 0. The topological polar surface area (TPSA) is 88.2 Å². The van der Waals surface area contributed by atoms with E-state index < -0.39 is 0 Å². The number of amides is 1. The van der Waals surface area contributed by atoms with Gasteiger partial charge in [0.25, 0.3) is 5.91 Å². The van der Waals surface area contributed by atoms with Gasteiger partial charge in [0, 0.05) is 19.0 Å². The molecule has 0 spiro atoms. The summed E-state index contributed by atoms with van der Waals surface area (Å²) < 4.78 is 5.60. The van der Waals surface area contributed by atoms with Crippen molar-refractivity contribution in [3.05, 3.63) is 0 Å². The van der Waals surface area contributed by atoms with Crippen LogP contribution in [-0.2, 0) is 9.53 Å². The van der Waals surface area contributed by atoms with Gasteiger partial charge in [0.1, 0.15) is 11.9 Å². The fraction of sp³-hybridized carbons (Fsp3) is 0.833. The lowest BCUT2D eigenvalue weighted by Gasteiger charge is -2.33. The molecule has 0 aromatic heterocycles. The third-order valence-corrected chi connectivity index (χ3v) is 3.77. The Kier molecular flexibility index (Phi) is 4.06. The molecule has 6 nitrogen and oxygen atoms in total. The summed E-state index contributed by atoms with van der Waals surface area (Å²) >= 11 is 0. The normalized spacial score (nSPS) is 33.7. The third-order valence-electron chi connectivity index (χ3n) is 3.77. The van der Waals surface area contributed by atoms with Crippen molar-refractivity contribution in [1.29, 1.82) is 0 Å². The van der Waals surface area contributed by atoms with Gasteiger partial charge >= 0.3 is 0 Å². The number of rotatable bonds is 2. The van der Waals surface area contributed by atoms with E-state index in [1.807, 2.05) is 6.92 Å². The van der Waals surface area contributed by atoms with E-state index in [1.54, 1.807) is 4.90 Å². The second kappa shape index (κ2) is 5.56. The van der Waals surface area contributed by atoms with Crippen LogP contribution in [-0.4, -0.2) is 47.1 Å². The van der Waals surface area contributed by atoms with Gasteiger partial charge in [0.05, 0.1) is 6.10 Å². The van der Waals surface area contributed by atoms with Crippen LogP contribution in [0.5, 0.6) is 0 Å². The van der Waals surface area contributed by atoms with Crippen molar-refractivity contribution in [2.45, 2.75) is 44.8 Å². The van der Waals surface area contributed by atoms with Crippen LogP contribution >= 0.6 is 0 Å². The zero-order chi connectivity index (χ0) is 13.1. The Morgan fingerprint density at radius 1 is 1.44 bits per heavy atom. The van der Waals surface area contributed by atoms with Gasteiger partial charge in [0.2, 0.25) is 0 Å². The third kappa shape index (κ3) is 2.75. The molecule has 1 amide bonds. The molecule has 0 aliphatic carbocycles. The highest BCUT2D eigenvalue weighted by atomic mass is 16.5. The molecule has 102 valence electrons. The monoisotopic (exact) mass is 255 g/mol. The second-order valence-corrected chi connectivity index (χ2v) is 5.16. The minimum Gasteiger partial charge on any atom is -0.409 e. The molecular formula is C12H21N3O3. The van der Waals surface area contributed by atoms with E-state index in [9.17, 15) is 4.79 Å². The van der Waals surface area contributed by atoms with Gasteiger partial charge in [-0.2, -0.15) is 0 Å². The Labute approximate surface area is 107 Å². The van der Waals surface area contributed by atoms with Crippen LogP contribution in [0.15, 0.2) is 5.16 Å². The van der Waals surface area contributed by atoms with Crippen molar-refractivity contribution in [3.63, 3.8) is 0 Å². The first-order chi connectivity index (χ1) is 8.61. The Balaban J connectivity index is 1.94. The fourth-order valence-corrected chi connectivity index (χ4v) is 2.69. The Morgan fingerprint density at radius 2 is 2.22 bits per heavy atom. The molecule has 3 atom stereocenters. The highest BCUT2D eigenvalue weighted by molar-refractivity contribution is 5.85. The molecule has 2 aliphatic rings. The van der Waals surface area contributed by atoms with Gasteiger partial charge in [-0.25, -0.2) is 0 Å². The van der Waals surface area contributed by atoms with Gasteiger partial charge in [-0.3, -0.25) is 4.79 Å². The zero-order valence-corrected chi connectivity index (χ0v) is 10.7. The first-order valence-electron chi connectivity index (χ1n) is 6.53. The quantitative estimate of drug-likeness (QED) is 0.326. The van der Waals surface area contributed by atoms with Crippen molar-refractivity contribution < 1.29 is 14.7 Å².